The van der Waals surface area contributed by atoms with Gasteiger partial charge in [-0.1, -0.05) is 37.3 Å². The van der Waals surface area contributed by atoms with E-state index in [0.717, 1.165) is 12.1 Å². The Labute approximate surface area is 108 Å². The Kier molecular flexibility index (Phi) is 4.73. The van der Waals surface area contributed by atoms with Gasteiger partial charge in [-0.25, -0.2) is 0 Å². The Morgan fingerprint density at radius 2 is 2.22 bits per heavy atom. The molecule has 1 aromatic rings. The zero-order valence-electron chi connectivity index (χ0n) is 10.8. The maximum atomic E-state index is 11.9. The van der Waals surface area contributed by atoms with E-state index in [0.29, 0.717) is 26.2 Å². The molecule has 2 rings (SSSR count). The van der Waals surface area contributed by atoms with Crippen molar-refractivity contribution in [2.24, 2.45) is 0 Å². The van der Waals surface area contributed by atoms with Crippen LogP contribution in [0.5, 0.6) is 0 Å². The first kappa shape index (κ1) is 13.1. The fourth-order valence-corrected chi connectivity index (χ4v) is 2.09. The van der Waals surface area contributed by atoms with Crippen LogP contribution in [0.2, 0.25) is 0 Å². The van der Waals surface area contributed by atoms with Crippen molar-refractivity contribution in [3.8, 4) is 0 Å². The highest BCUT2D eigenvalue weighted by atomic mass is 16.5. The molecule has 1 heterocycles. The molecule has 1 fully saturated rings. The highest BCUT2D eigenvalue weighted by Crippen LogP contribution is 2.21. The topological polar surface area (TPSA) is 41.6 Å². The number of likely N-dealkylation sites (N-methyl/N-ethyl adjacent to an activating group) is 1. The molecule has 1 aliphatic heterocycles. The second-order valence-corrected chi connectivity index (χ2v) is 4.39. The number of ether oxygens (including phenoxy) is 1. The molecule has 1 atom stereocenters. The summed E-state index contributed by atoms with van der Waals surface area (Å²) >= 11 is 0. The lowest BCUT2D eigenvalue weighted by molar-refractivity contribution is -0.138. The lowest BCUT2D eigenvalue weighted by Gasteiger charge is -2.33. The summed E-state index contributed by atoms with van der Waals surface area (Å²) in [6.07, 6.45) is 0.00512. The van der Waals surface area contributed by atoms with Gasteiger partial charge in [-0.2, -0.15) is 0 Å². The number of hydrogen-bond acceptors (Lipinski definition) is 3. The van der Waals surface area contributed by atoms with Gasteiger partial charge < -0.3 is 15.0 Å². The third-order valence-electron chi connectivity index (χ3n) is 3.12. The molecule has 18 heavy (non-hydrogen) atoms. The van der Waals surface area contributed by atoms with Gasteiger partial charge in [0.25, 0.3) is 0 Å². The van der Waals surface area contributed by atoms with Crippen molar-refractivity contribution >= 4 is 5.91 Å². The van der Waals surface area contributed by atoms with Crippen molar-refractivity contribution in [1.29, 1.82) is 0 Å². The molecule has 1 aliphatic rings. The van der Waals surface area contributed by atoms with Crippen LogP contribution in [0.4, 0.5) is 0 Å². The molecule has 0 saturated carbocycles. The van der Waals surface area contributed by atoms with Crippen molar-refractivity contribution in [2.75, 3.05) is 32.8 Å². The molecule has 1 N–H and O–H groups in total. The van der Waals surface area contributed by atoms with Gasteiger partial charge in [0.15, 0.2) is 0 Å². The second kappa shape index (κ2) is 6.52. The Morgan fingerprint density at radius 3 is 2.94 bits per heavy atom. The maximum Gasteiger partial charge on any atom is 0.236 e. The Hall–Kier alpha value is -1.39. The number of amides is 1. The van der Waals surface area contributed by atoms with Crippen molar-refractivity contribution in [1.82, 2.24) is 10.2 Å². The van der Waals surface area contributed by atoms with Gasteiger partial charge in [0.05, 0.1) is 19.7 Å². The minimum absolute atomic E-state index is 0.00512. The van der Waals surface area contributed by atoms with Crippen LogP contribution in [0.3, 0.4) is 0 Å². The van der Waals surface area contributed by atoms with Crippen molar-refractivity contribution < 1.29 is 9.53 Å². The maximum absolute atomic E-state index is 11.9. The van der Waals surface area contributed by atoms with Crippen LogP contribution in [0.15, 0.2) is 30.3 Å². The zero-order chi connectivity index (χ0) is 12.8. The molecule has 0 spiro atoms. The number of rotatable bonds is 4. The number of hydrogen-bond donors (Lipinski definition) is 1. The summed E-state index contributed by atoms with van der Waals surface area (Å²) < 4.78 is 5.73. The fourth-order valence-electron chi connectivity index (χ4n) is 2.09. The van der Waals surface area contributed by atoms with Crippen molar-refractivity contribution in [3.05, 3.63) is 35.9 Å². The molecule has 0 radical (unpaired) electrons. The molecule has 1 saturated heterocycles. The number of nitrogens with zero attached hydrogens (tertiary/aromatic N) is 1. The molecular formula is C14H20N2O2. The summed E-state index contributed by atoms with van der Waals surface area (Å²) in [5, 5.41) is 3.07. The van der Waals surface area contributed by atoms with Crippen LogP contribution in [0.25, 0.3) is 0 Å². The average molecular weight is 248 g/mol. The standard InChI is InChI=1S/C14H20N2O2/c1-2-15-10-14(17)16-8-9-18-13(11-16)12-6-4-3-5-7-12/h3-7,13,15H,2,8-11H2,1H3. The first-order valence-electron chi connectivity index (χ1n) is 6.46. The predicted molar refractivity (Wildman–Crippen MR) is 70.3 cm³/mol. The third-order valence-corrected chi connectivity index (χ3v) is 3.12. The van der Waals surface area contributed by atoms with Crippen molar-refractivity contribution in [2.45, 2.75) is 13.0 Å². The molecule has 1 aromatic carbocycles. The predicted octanol–water partition coefficient (Wildman–Crippen LogP) is 1.20. The first-order valence-corrected chi connectivity index (χ1v) is 6.46. The van der Waals surface area contributed by atoms with Gasteiger partial charge in [-0.15, -0.1) is 0 Å². The summed E-state index contributed by atoms with van der Waals surface area (Å²) in [5.74, 6) is 0.154. The van der Waals surface area contributed by atoms with Crippen LogP contribution in [-0.4, -0.2) is 43.6 Å². The molecule has 1 unspecified atom stereocenters. The highest BCUT2D eigenvalue weighted by Gasteiger charge is 2.24. The fraction of sp³-hybridized carbons (Fsp3) is 0.500. The minimum Gasteiger partial charge on any atom is -0.370 e. The quantitative estimate of drug-likeness (QED) is 0.870. The zero-order valence-corrected chi connectivity index (χ0v) is 10.8. The molecule has 0 bridgehead atoms. The number of nitrogens with one attached hydrogen (secondary N) is 1. The first-order chi connectivity index (χ1) is 8.81. The summed E-state index contributed by atoms with van der Waals surface area (Å²) in [7, 11) is 0. The van der Waals surface area contributed by atoms with E-state index in [1.165, 1.54) is 0 Å². The summed E-state index contributed by atoms with van der Waals surface area (Å²) in [6, 6.07) is 10.1. The Balaban J connectivity index is 1.94. The van der Waals surface area contributed by atoms with E-state index in [1.807, 2.05) is 42.2 Å². The molecule has 98 valence electrons. The minimum atomic E-state index is 0.00512. The van der Waals surface area contributed by atoms with Gasteiger partial charge in [-0.05, 0) is 12.1 Å². The van der Waals surface area contributed by atoms with E-state index < -0.39 is 0 Å². The Bertz CT molecular complexity index is 381. The van der Waals surface area contributed by atoms with E-state index >= 15 is 0 Å². The molecule has 1 amide bonds. The number of carbonyl (C=O) groups excluding carboxylic acids is 1. The summed E-state index contributed by atoms with van der Waals surface area (Å²) in [4.78, 5) is 13.8. The monoisotopic (exact) mass is 248 g/mol. The summed E-state index contributed by atoms with van der Waals surface area (Å²) in [6.45, 7) is 5.18. The molecular weight excluding hydrogens is 228 g/mol. The lowest BCUT2D eigenvalue weighted by atomic mass is 10.1. The highest BCUT2D eigenvalue weighted by molar-refractivity contribution is 5.78. The second-order valence-electron chi connectivity index (χ2n) is 4.39. The average Bonchev–Trinajstić information content (AvgIpc) is 2.46. The van der Waals surface area contributed by atoms with E-state index in [2.05, 4.69) is 5.32 Å². The lowest BCUT2D eigenvalue weighted by Crippen LogP contribution is -2.45. The number of carbonyl (C=O) groups is 1. The van der Waals surface area contributed by atoms with Gasteiger partial charge >= 0.3 is 0 Å². The van der Waals surface area contributed by atoms with Gasteiger partial charge in [0, 0.05) is 6.54 Å². The van der Waals surface area contributed by atoms with Crippen molar-refractivity contribution in [3.63, 3.8) is 0 Å². The van der Waals surface area contributed by atoms with Gasteiger partial charge in [0.1, 0.15) is 6.10 Å². The van der Waals surface area contributed by atoms with E-state index in [4.69, 9.17) is 4.74 Å². The number of benzene rings is 1. The van der Waals surface area contributed by atoms with Crippen LogP contribution < -0.4 is 5.32 Å². The summed E-state index contributed by atoms with van der Waals surface area (Å²) in [5.41, 5.74) is 1.14. The van der Waals surface area contributed by atoms with Gasteiger partial charge in [-0.3, -0.25) is 4.79 Å². The van der Waals surface area contributed by atoms with Crippen LogP contribution in [0.1, 0.15) is 18.6 Å². The normalized spacial score (nSPS) is 19.8. The molecule has 4 heteroatoms. The van der Waals surface area contributed by atoms with E-state index in [1.54, 1.807) is 0 Å². The van der Waals surface area contributed by atoms with E-state index in [9.17, 15) is 4.79 Å². The Morgan fingerprint density at radius 1 is 1.44 bits per heavy atom. The largest absolute Gasteiger partial charge is 0.370 e. The van der Waals surface area contributed by atoms with Crippen LogP contribution in [-0.2, 0) is 9.53 Å². The SMILES string of the molecule is CCNCC(=O)N1CCOC(c2ccccc2)C1. The number of morpholine rings is 1. The van der Waals surface area contributed by atoms with Gasteiger partial charge in [0.2, 0.25) is 5.91 Å². The van der Waals surface area contributed by atoms with Crippen LogP contribution in [0, 0.1) is 0 Å². The van der Waals surface area contributed by atoms with Crippen LogP contribution >= 0.6 is 0 Å². The smallest absolute Gasteiger partial charge is 0.236 e. The third kappa shape index (κ3) is 3.31. The molecule has 4 nitrogen and oxygen atoms in total. The molecule has 0 aliphatic carbocycles. The molecule has 0 aromatic heterocycles. The van der Waals surface area contributed by atoms with E-state index in [-0.39, 0.29) is 12.0 Å².